The van der Waals surface area contributed by atoms with Gasteiger partial charge in [0.2, 0.25) is 5.91 Å². The molecule has 1 heterocycles. The summed E-state index contributed by atoms with van der Waals surface area (Å²) in [6.07, 6.45) is 6.68. The number of carbonyl (C=O) groups excluding carboxylic acids is 2. The topological polar surface area (TPSA) is 68.3 Å². The molecule has 0 saturated heterocycles. The molecule has 1 amide bonds. The number of nitrogens with one attached hydrogen (secondary N) is 1. The van der Waals surface area contributed by atoms with Crippen molar-refractivity contribution in [1.29, 1.82) is 0 Å². The van der Waals surface area contributed by atoms with Gasteiger partial charge in [-0.3, -0.25) is 14.6 Å². The van der Waals surface area contributed by atoms with Gasteiger partial charge in [-0.2, -0.15) is 0 Å². The highest BCUT2D eigenvalue weighted by Gasteiger charge is 2.27. The molecule has 1 aliphatic rings. The minimum atomic E-state index is -0.131. The molecule has 0 aliphatic heterocycles. The first-order valence-electron chi connectivity index (χ1n) is 7.09. The van der Waals surface area contributed by atoms with Crippen molar-refractivity contribution in [3.05, 3.63) is 24.5 Å². The molecule has 114 valence electrons. The minimum absolute atomic E-state index is 0.00524. The number of pyridine rings is 1. The number of aromatic nitrogens is 1. The third-order valence-corrected chi connectivity index (χ3v) is 4.66. The third-order valence-electron chi connectivity index (χ3n) is 3.65. The standard InChI is InChI=1S/C15H20N2O3S/c1-20-15(19)11-2-4-12(5-3-11)17-14(18)10-21-13-6-8-16-9-7-13/h6-9,11-12H,2-5,10H2,1H3,(H,17,18). The average Bonchev–Trinajstić information content (AvgIpc) is 2.54. The number of ether oxygens (including phenoxy) is 1. The fourth-order valence-electron chi connectivity index (χ4n) is 2.49. The molecule has 1 aromatic rings. The molecule has 0 unspecified atom stereocenters. The molecule has 1 N–H and O–H groups in total. The predicted molar refractivity (Wildman–Crippen MR) is 80.9 cm³/mol. The number of rotatable bonds is 5. The summed E-state index contributed by atoms with van der Waals surface area (Å²) in [5.74, 6) is 0.307. The Morgan fingerprint density at radius 2 is 1.95 bits per heavy atom. The summed E-state index contributed by atoms with van der Waals surface area (Å²) in [5.41, 5.74) is 0. The number of thioether (sulfide) groups is 1. The Kier molecular flexibility index (Phi) is 6.04. The number of hydrogen-bond donors (Lipinski definition) is 1. The first-order valence-corrected chi connectivity index (χ1v) is 8.07. The van der Waals surface area contributed by atoms with Gasteiger partial charge in [0.15, 0.2) is 0 Å². The zero-order valence-electron chi connectivity index (χ0n) is 12.1. The van der Waals surface area contributed by atoms with Crippen molar-refractivity contribution in [2.75, 3.05) is 12.9 Å². The molecule has 0 bridgehead atoms. The average molecular weight is 308 g/mol. The van der Waals surface area contributed by atoms with Crippen LogP contribution in [0.1, 0.15) is 25.7 Å². The van der Waals surface area contributed by atoms with E-state index in [1.807, 2.05) is 12.1 Å². The quantitative estimate of drug-likeness (QED) is 0.666. The lowest BCUT2D eigenvalue weighted by atomic mass is 9.86. The van der Waals surface area contributed by atoms with Crippen LogP contribution in [0, 0.1) is 5.92 Å². The normalized spacial score (nSPS) is 21.6. The summed E-state index contributed by atoms with van der Waals surface area (Å²) in [6.45, 7) is 0. The van der Waals surface area contributed by atoms with Gasteiger partial charge in [0.25, 0.3) is 0 Å². The summed E-state index contributed by atoms with van der Waals surface area (Å²) in [4.78, 5) is 28.3. The molecular formula is C15H20N2O3S. The van der Waals surface area contributed by atoms with Crippen LogP contribution >= 0.6 is 11.8 Å². The molecule has 0 radical (unpaired) electrons. The first kappa shape index (κ1) is 15.8. The number of hydrogen-bond acceptors (Lipinski definition) is 5. The molecule has 1 fully saturated rings. The van der Waals surface area contributed by atoms with Crippen LogP contribution < -0.4 is 5.32 Å². The van der Waals surface area contributed by atoms with Crippen LogP contribution in [0.15, 0.2) is 29.4 Å². The summed E-state index contributed by atoms with van der Waals surface area (Å²) >= 11 is 1.50. The van der Waals surface area contributed by atoms with E-state index in [1.165, 1.54) is 18.9 Å². The molecule has 1 aromatic heterocycles. The van der Waals surface area contributed by atoms with Crippen LogP contribution in [0.5, 0.6) is 0 Å². The molecule has 1 saturated carbocycles. The van der Waals surface area contributed by atoms with Crippen LogP contribution in [0.25, 0.3) is 0 Å². The Balaban J connectivity index is 1.68. The Labute approximate surface area is 128 Å². The van der Waals surface area contributed by atoms with Gasteiger partial charge >= 0.3 is 5.97 Å². The molecule has 6 heteroatoms. The van der Waals surface area contributed by atoms with E-state index < -0.39 is 0 Å². The van der Waals surface area contributed by atoms with E-state index in [2.05, 4.69) is 10.3 Å². The zero-order valence-corrected chi connectivity index (χ0v) is 12.9. The smallest absolute Gasteiger partial charge is 0.308 e. The second kappa shape index (κ2) is 8.02. The van der Waals surface area contributed by atoms with Crippen LogP contribution in [0.4, 0.5) is 0 Å². The lowest BCUT2D eigenvalue weighted by Gasteiger charge is -2.27. The lowest BCUT2D eigenvalue weighted by Crippen LogP contribution is -2.39. The van der Waals surface area contributed by atoms with Gasteiger partial charge in [0.1, 0.15) is 0 Å². The third kappa shape index (κ3) is 5.04. The van der Waals surface area contributed by atoms with E-state index in [1.54, 1.807) is 12.4 Å². The van der Waals surface area contributed by atoms with Crippen LogP contribution in [0.3, 0.4) is 0 Å². The molecular weight excluding hydrogens is 288 g/mol. The van der Waals surface area contributed by atoms with E-state index in [0.29, 0.717) is 5.75 Å². The van der Waals surface area contributed by atoms with Crippen LogP contribution in [-0.4, -0.2) is 35.8 Å². The van der Waals surface area contributed by atoms with Crippen molar-refractivity contribution in [3.8, 4) is 0 Å². The lowest BCUT2D eigenvalue weighted by molar-refractivity contribution is -0.146. The molecule has 0 aromatic carbocycles. The molecule has 0 spiro atoms. The maximum absolute atomic E-state index is 11.9. The van der Waals surface area contributed by atoms with E-state index >= 15 is 0 Å². The van der Waals surface area contributed by atoms with Crippen molar-refractivity contribution in [2.24, 2.45) is 5.92 Å². The van der Waals surface area contributed by atoms with Gasteiger partial charge in [-0.05, 0) is 37.8 Å². The van der Waals surface area contributed by atoms with Crippen molar-refractivity contribution in [2.45, 2.75) is 36.6 Å². The van der Waals surface area contributed by atoms with Crippen molar-refractivity contribution in [1.82, 2.24) is 10.3 Å². The highest BCUT2D eigenvalue weighted by Crippen LogP contribution is 2.25. The Morgan fingerprint density at radius 1 is 1.29 bits per heavy atom. The monoisotopic (exact) mass is 308 g/mol. The highest BCUT2D eigenvalue weighted by atomic mass is 32.2. The van der Waals surface area contributed by atoms with E-state index in [-0.39, 0.29) is 23.8 Å². The maximum Gasteiger partial charge on any atom is 0.308 e. The molecule has 0 atom stereocenters. The molecule has 5 nitrogen and oxygen atoms in total. The van der Waals surface area contributed by atoms with E-state index in [4.69, 9.17) is 4.74 Å². The largest absolute Gasteiger partial charge is 0.469 e. The van der Waals surface area contributed by atoms with Gasteiger partial charge in [-0.1, -0.05) is 0 Å². The molecule has 1 aliphatic carbocycles. The maximum atomic E-state index is 11.9. The fraction of sp³-hybridized carbons (Fsp3) is 0.533. The van der Waals surface area contributed by atoms with Crippen molar-refractivity contribution in [3.63, 3.8) is 0 Å². The number of esters is 1. The fourth-order valence-corrected chi connectivity index (χ4v) is 3.19. The van der Waals surface area contributed by atoms with E-state index in [0.717, 1.165) is 30.6 Å². The van der Waals surface area contributed by atoms with Gasteiger partial charge in [0.05, 0.1) is 18.8 Å². The zero-order chi connectivity index (χ0) is 15.1. The van der Waals surface area contributed by atoms with Gasteiger partial charge < -0.3 is 10.1 Å². The SMILES string of the molecule is COC(=O)C1CCC(NC(=O)CSc2ccncc2)CC1. The van der Waals surface area contributed by atoms with Crippen LogP contribution in [0.2, 0.25) is 0 Å². The van der Waals surface area contributed by atoms with Gasteiger partial charge in [-0.25, -0.2) is 0 Å². The summed E-state index contributed by atoms with van der Waals surface area (Å²) in [6, 6.07) is 3.95. The molecule has 21 heavy (non-hydrogen) atoms. The van der Waals surface area contributed by atoms with Crippen molar-refractivity contribution < 1.29 is 14.3 Å². The Morgan fingerprint density at radius 3 is 2.57 bits per heavy atom. The second-order valence-electron chi connectivity index (χ2n) is 5.11. The predicted octanol–water partition coefficient (Wildman–Crippen LogP) is 2.02. The first-order chi connectivity index (χ1) is 10.2. The summed E-state index contributed by atoms with van der Waals surface area (Å²) in [5, 5.41) is 3.04. The number of methoxy groups -OCH3 is 1. The Bertz CT molecular complexity index is 473. The minimum Gasteiger partial charge on any atom is -0.469 e. The number of carbonyl (C=O) groups is 2. The van der Waals surface area contributed by atoms with Crippen LogP contribution in [-0.2, 0) is 14.3 Å². The van der Waals surface area contributed by atoms with Crippen molar-refractivity contribution >= 4 is 23.6 Å². The second-order valence-corrected chi connectivity index (χ2v) is 6.16. The summed E-state index contributed by atoms with van der Waals surface area (Å²) < 4.78 is 4.76. The Hall–Kier alpha value is -1.56. The van der Waals surface area contributed by atoms with Gasteiger partial charge in [0, 0.05) is 23.3 Å². The summed E-state index contributed by atoms with van der Waals surface area (Å²) in [7, 11) is 1.42. The molecule has 2 rings (SSSR count). The van der Waals surface area contributed by atoms with E-state index in [9.17, 15) is 9.59 Å². The number of amides is 1. The number of nitrogens with zero attached hydrogens (tertiary/aromatic N) is 1. The van der Waals surface area contributed by atoms with Gasteiger partial charge in [-0.15, -0.1) is 11.8 Å². The highest BCUT2D eigenvalue weighted by molar-refractivity contribution is 8.00.